The molecule has 1 saturated heterocycles. The van der Waals surface area contributed by atoms with Gasteiger partial charge in [0, 0.05) is 37.9 Å². The minimum Gasteiger partial charge on any atom is -0.491 e. The number of piperazine rings is 1. The van der Waals surface area contributed by atoms with Gasteiger partial charge in [0.15, 0.2) is 0 Å². The molecular formula is C20H28N4O6S. The van der Waals surface area contributed by atoms with E-state index in [0.717, 1.165) is 12.8 Å². The third-order valence-corrected chi connectivity index (χ3v) is 6.01. The van der Waals surface area contributed by atoms with Crippen molar-refractivity contribution >= 4 is 33.4 Å². The summed E-state index contributed by atoms with van der Waals surface area (Å²) in [4.78, 5) is 39.2. The fourth-order valence-corrected chi connectivity index (χ4v) is 4.20. The Balaban J connectivity index is 1.47. The standard InChI is InChI=1S/C20H28N4O6S/c1-14(2)30-17-7-5-16(6-8-17)22-31(28,29)13-18(25)23-9-11-24(12-10-23)20(27)19(26)21-15-3-4-15/h5-8,14-15,22H,3-4,9-13H2,1-2H3,(H,21,26). The Morgan fingerprint density at radius 3 is 2.16 bits per heavy atom. The molecule has 1 heterocycles. The van der Waals surface area contributed by atoms with Gasteiger partial charge in [-0.05, 0) is 51.0 Å². The van der Waals surface area contributed by atoms with Crippen molar-refractivity contribution in [3.05, 3.63) is 24.3 Å². The fraction of sp³-hybridized carbons (Fsp3) is 0.550. The number of carbonyl (C=O) groups is 3. The summed E-state index contributed by atoms with van der Waals surface area (Å²) < 4.78 is 32.7. The number of carbonyl (C=O) groups excluding carboxylic acids is 3. The zero-order valence-corrected chi connectivity index (χ0v) is 18.5. The smallest absolute Gasteiger partial charge is 0.312 e. The summed E-state index contributed by atoms with van der Waals surface area (Å²) in [5.74, 6) is -1.88. The average molecular weight is 453 g/mol. The molecule has 1 aromatic rings. The van der Waals surface area contributed by atoms with Gasteiger partial charge < -0.3 is 19.9 Å². The number of benzene rings is 1. The van der Waals surface area contributed by atoms with Crippen molar-refractivity contribution in [2.24, 2.45) is 0 Å². The largest absolute Gasteiger partial charge is 0.491 e. The summed E-state index contributed by atoms with van der Waals surface area (Å²) in [6.45, 7) is 4.51. The van der Waals surface area contributed by atoms with E-state index in [1.807, 2.05) is 13.8 Å². The van der Waals surface area contributed by atoms with Gasteiger partial charge in [0.25, 0.3) is 0 Å². The maximum absolute atomic E-state index is 12.4. The van der Waals surface area contributed by atoms with Crippen LogP contribution in [0.2, 0.25) is 0 Å². The molecule has 1 aromatic carbocycles. The second-order valence-electron chi connectivity index (χ2n) is 7.97. The number of hydrogen-bond donors (Lipinski definition) is 2. The Morgan fingerprint density at radius 2 is 1.61 bits per heavy atom. The summed E-state index contributed by atoms with van der Waals surface area (Å²) in [5.41, 5.74) is 0.334. The van der Waals surface area contributed by atoms with Gasteiger partial charge in [-0.3, -0.25) is 19.1 Å². The Hall–Kier alpha value is -2.82. The van der Waals surface area contributed by atoms with E-state index < -0.39 is 33.5 Å². The number of nitrogens with one attached hydrogen (secondary N) is 2. The Kier molecular flexibility index (Phi) is 7.04. The number of nitrogens with zero attached hydrogens (tertiary/aromatic N) is 2. The van der Waals surface area contributed by atoms with E-state index in [9.17, 15) is 22.8 Å². The van der Waals surface area contributed by atoms with Crippen molar-refractivity contribution in [1.29, 1.82) is 0 Å². The summed E-state index contributed by atoms with van der Waals surface area (Å²) in [6, 6.07) is 6.52. The number of sulfonamides is 1. The molecule has 0 unspecified atom stereocenters. The number of ether oxygens (including phenoxy) is 1. The second kappa shape index (κ2) is 9.54. The van der Waals surface area contributed by atoms with Crippen LogP contribution in [0.4, 0.5) is 5.69 Å². The highest BCUT2D eigenvalue weighted by Gasteiger charge is 2.32. The molecule has 3 amide bonds. The molecule has 1 saturated carbocycles. The normalized spacial score (nSPS) is 16.7. The minimum atomic E-state index is -3.90. The molecule has 1 aliphatic heterocycles. The van der Waals surface area contributed by atoms with Crippen LogP contribution in [0.5, 0.6) is 5.75 Å². The third kappa shape index (κ3) is 6.84. The summed E-state index contributed by atoms with van der Waals surface area (Å²) >= 11 is 0. The second-order valence-corrected chi connectivity index (χ2v) is 9.70. The van der Waals surface area contributed by atoms with Gasteiger partial charge in [-0.2, -0.15) is 0 Å². The van der Waals surface area contributed by atoms with Gasteiger partial charge >= 0.3 is 11.8 Å². The van der Waals surface area contributed by atoms with Gasteiger partial charge in [0.1, 0.15) is 11.5 Å². The molecule has 11 heteroatoms. The van der Waals surface area contributed by atoms with Crippen molar-refractivity contribution in [2.75, 3.05) is 36.7 Å². The molecule has 3 rings (SSSR count). The van der Waals surface area contributed by atoms with Gasteiger partial charge in [0.2, 0.25) is 15.9 Å². The Bertz CT molecular complexity index is 919. The summed E-state index contributed by atoms with van der Waals surface area (Å²) in [5, 5.41) is 2.65. The highest BCUT2D eigenvalue weighted by molar-refractivity contribution is 7.93. The molecule has 170 valence electrons. The van der Waals surface area contributed by atoms with Crippen LogP contribution in [0.25, 0.3) is 0 Å². The lowest BCUT2D eigenvalue weighted by Gasteiger charge is -2.34. The Morgan fingerprint density at radius 1 is 1.03 bits per heavy atom. The zero-order chi connectivity index (χ0) is 22.6. The molecule has 0 bridgehead atoms. The molecule has 0 aromatic heterocycles. The van der Waals surface area contributed by atoms with E-state index >= 15 is 0 Å². The molecule has 31 heavy (non-hydrogen) atoms. The topological polar surface area (TPSA) is 125 Å². The first-order chi connectivity index (χ1) is 14.6. The molecule has 10 nitrogen and oxygen atoms in total. The van der Waals surface area contributed by atoms with E-state index in [1.165, 1.54) is 9.80 Å². The summed E-state index contributed by atoms with van der Waals surface area (Å²) in [7, 11) is -3.90. The first-order valence-electron chi connectivity index (χ1n) is 10.3. The number of anilines is 1. The van der Waals surface area contributed by atoms with Crippen molar-refractivity contribution in [2.45, 2.75) is 38.8 Å². The van der Waals surface area contributed by atoms with Crippen LogP contribution < -0.4 is 14.8 Å². The monoisotopic (exact) mass is 452 g/mol. The molecule has 2 fully saturated rings. The van der Waals surface area contributed by atoms with Crippen molar-refractivity contribution in [3.63, 3.8) is 0 Å². The van der Waals surface area contributed by atoms with Crippen LogP contribution in [0, 0.1) is 0 Å². The SMILES string of the molecule is CC(C)Oc1ccc(NS(=O)(=O)CC(=O)N2CCN(C(=O)C(=O)NC3CC3)CC2)cc1. The van der Waals surface area contributed by atoms with Crippen LogP contribution in [-0.4, -0.2) is 80.0 Å². The zero-order valence-electron chi connectivity index (χ0n) is 17.7. The molecule has 0 atom stereocenters. The molecule has 2 N–H and O–H groups in total. The fourth-order valence-electron chi connectivity index (χ4n) is 3.12. The number of hydrogen-bond acceptors (Lipinski definition) is 6. The van der Waals surface area contributed by atoms with Crippen LogP contribution in [0.1, 0.15) is 26.7 Å². The highest BCUT2D eigenvalue weighted by atomic mass is 32.2. The lowest BCUT2D eigenvalue weighted by atomic mass is 10.3. The van der Waals surface area contributed by atoms with Crippen LogP contribution >= 0.6 is 0 Å². The highest BCUT2D eigenvalue weighted by Crippen LogP contribution is 2.19. The maximum Gasteiger partial charge on any atom is 0.312 e. The number of rotatable bonds is 7. The summed E-state index contributed by atoms with van der Waals surface area (Å²) in [6.07, 6.45) is 1.78. The first kappa shape index (κ1) is 22.9. The van der Waals surface area contributed by atoms with Crippen molar-refractivity contribution < 1.29 is 27.5 Å². The van der Waals surface area contributed by atoms with E-state index in [0.29, 0.717) is 11.4 Å². The molecule has 0 spiro atoms. The lowest BCUT2D eigenvalue weighted by Crippen LogP contribution is -2.54. The lowest BCUT2D eigenvalue weighted by molar-refractivity contribution is -0.148. The molecule has 2 aliphatic rings. The predicted molar refractivity (Wildman–Crippen MR) is 114 cm³/mol. The number of amides is 3. The van der Waals surface area contributed by atoms with Crippen molar-refractivity contribution in [3.8, 4) is 5.75 Å². The quantitative estimate of drug-likeness (QED) is 0.568. The average Bonchev–Trinajstić information content (AvgIpc) is 3.52. The van der Waals surface area contributed by atoms with Gasteiger partial charge in [-0.1, -0.05) is 0 Å². The maximum atomic E-state index is 12.4. The van der Waals surface area contributed by atoms with E-state index in [-0.39, 0.29) is 38.3 Å². The van der Waals surface area contributed by atoms with Crippen LogP contribution in [-0.2, 0) is 24.4 Å². The van der Waals surface area contributed by atoms with E-state index in [2.05, 4.69) is 10.0 Å². The first-order valence-corrected chi connectivity index (χ1v) is 11.9. The molecule has 1 aliphatic carbocycles. The van der Waals surface area contributed by atoms with Crippen LogP contribution in [0.3, 0.4) is 0 Å². The Labute approximate surface area is 182 Å². The molecular weight excluding hydrogens is 424 g/mol. The molecule has 0 radical (unpaired) electrons. The predicted octanol–water partition coefficient (Wildman–Crippen LogP) is 0.165. The van der Waals surface area contributed by atoms with Crippen molar-refractivity contribution in [1.82, 2.24) is 15.1 Å². The third-order valence-electron chi connectivity index (χ3n) is 4.84. The van der Waals surface area contributed by atoms with Crippen LogP contribution in [0.15, 0.2) is 24.3 Å². The van der Waals surface area contributed by atoms with E-state index in [1.54, 1.807) is 24.3 Å². The van der Waals surface area contributed by atoms with Gasteiger partial charge in [0.05, 0.1) is 6.10 Å². The van der Waals surface area contributed by atoms with E-state index in [4.69, 9.17) is 4.74 Å². The minimum absolute atomic E-state index is 0.00325. The van der Waals surface area contributed by atoms with Gasteiger partial charge in [-0.25, -0.2) is 8.42 Å². The van der Waals surface area contributed by atoms with Gasteiger partial charge in [-0.15, -0.1) is 0 Å².